The Hall–Kier alpha value is -1.28. The molecule has 7 heteroatoms. The summed E-state index contributed by atoms with van der Waals surface area (Å²) in [6, 6.07) is 0. The molecule has 1 aliphatic carbocycles. The molecule has 2 aromatic heterocycles. The number of thiophene rings is 1. The van der Waals surface area contributed by atoms with Crippen LogP contribution < -0.4 is 5.32 Å². The molecule has 2 N–H and O–H groups in total. The monoisotopic (exact) mass is 348 g/mol. The third-order valence-corrected chi connectivity index (χ3v) is 5.92. The van der Waals surface area contributed by atoms with Gasteiger partial charge in [-0.2, -0.15) is 0 Å². The van der Waals surface area contributed by atoms with Gasteiger partial charge in [0.05, 0.1) is 31.8 Å². The zero-order valence-corrected chi connectivity index (χ0v) is 14.7. The fourth-order valence-corrected chi connectivity index (χ4v) is 4.81. The van der Waals surface area contributed by atoms with Gasteiger partial charge in [0.15, 0.2) is 0 Å². The van der Waals surface area contributed by atoms with E-state index in [4.69, 9.17) is 14.7 Å². The SMILES string of the molecule is OCCNc1nc(CN2CCOCC2)nc2sc3c(c12)CCCC3. The predicted octanol–water partition coefficient (Wildman–Crippen LogP) is 1.81. The number of aryl methyl sites for hydroxylation is 2. The number of nitrogens with one attached hydrogen (secondary N) is 1. The minimum atomic E-state index is 0.108. The van der Waals surface area contributed by atoms with E-state index in [1.807, 2.05) is 11.3 Å². The number of rotatable bonds is 5. The molecular weight excluding hydrogens is 324 g/mol. The molecule has 130 valence electrons. The zero-order valence-electron chi connectivity index (χ0n) is 13.9. The normalized spacial score (nSPS) is 18.7. The van der Waals surface area contributed by atoms with Gasteiger partial charge in [-0.05, 0) is 31.2 Å². The van der Waals surface area contributed by atoms with Crippen molar-refractivity contribution in [3.8, 4) is 0 Å². The van der Waals surface area contributed by atoms with Gasteiger partial charge in [-0.1, -0.05) is 0 Å². The first kappa shape index (κ1) is 16.2. The maximum absolute atomic E-state index is 9.19. The summed E-state index contributed by atoms with van der Waals surface area (Å²) in [6.45, 7) is 4.82. The first-order valence-electron chi connectivity index (χ1n) is 8.81. The van der Waals surface area contributed by atoms with Crippen LogP contribution >= 0.6 is 11.3 Å². The molecule has 6 nitrogen and oxygen atoms in total. The quantitative estimate of drug-likeness (QED) is 0.859. The number of morpholine rings is 1. The third kappa shape index (κ3) is 3.26. The Morgan fingerprint density at radius 3 is 2.83 bits per heavy atom. The Labute approximate surface area is 145 Å². The molecule has 2 aliphatic rings. The van der Waals surface area contributed by atoms with Gasteiger partial charge in [-0.15, -0.1) is 11.3 Å². The summed E-state index contributed by atoms with van der Waals surface area (Å²) in [5.74, 6) is 1.76. The Balaban J connectivity index is 1.69. The third-order valence-electron chi connectivity index (χ3n) is 4.73. The number of nitrogens with zero attached hydrogens (tertiary/aromatic N) is 3. The van der Waals surface area contributed by atoms with Crippen molar-refractivity contribution >= 4 is 27.4 Å². The van der Waals surface area contributed by atoms with Crippen molar-refractivity contribution in [2.75, 3.05) is 44.8 Å². The average molecular weight is 348 g/mol. The maximum atomic E-state index is 9.19. The molecular formula is C17H24N4O2S. The van der Waals surface area contributed by atoms with Crippen LogP contribution in [0.15, 0.2) is 0 Å². The van der Waals surface area contributed by atoms with Crippen LogP contribution in [0.2, 0.25) is 0 Å². The van der Waals surface area contributed by atoms with Crippen LogP contribution in [-0.2, 0) is 24.1 Å². The molecule has 4 rings (SSSR count). The molecule has 1 aliphatic heterocycles. The number of ether oxygens (including phenoxy) is 1. The molecule has 0 radical (unpaired) electrons. The fraction of sp³-hybridized carbons (Fsp3) is 0.647. The minimum Gasteiger partial charge on any atom is -0.395 e. The Morgan fingerprint density at radius 2 is 2.00 bits per heavy atom. The van der Waals surface area contributed by atoms with Crippen LogP contribution in [0.25, 0.3) is 10.2 Å². The summed E-state index contributed by atoms with van der Waals surface area (Å²) in [7, 11) is 0. The standard InChI is InChI=1S/C17H24N4O2S/c22-8-5-18-16-15-12-3-1-2-4-13(12)24-17(15)20-14(19-16)11-21-6-9-23-10-7-21/h22H,1-11H2,(H,18,19,20). The predicted molar refractivity (Wildman–Crippen MR) is 95.7 cm³/mol. The summed E-state index contributed by atoms with van der Waals surface area (Å²) in [4.78, 5) is 14.6. The van der Waals surface area contributed by atoms with Crippen molar-refractivity contribution in [1.29, 1.82) is 0 Å². The summed E-state index contributed by atoms with van der Waals surface area (Å²) in [6.07, 6.45) is 4.80. The molecule has 24 heavy (non-hydrogen) atoms. The molecule has 0 atom stereocenters. The van der Waals surface area contributed by atoms with Gasteiger partial charge in [0, 0.05) is 24.5 Å². The van der Waals surface area contributed by atoms with E-state index in [2.05, 4.69) is 10.2 Å². The van der Waals surface area contributed by atoms with Gasteiger partial charge >= 0.3 is 0 Å². The van der Waals surface area contributed by atoms with Crippen molar-refractivity contribution in [1.82, 2.24) is 14.9 Å². The second-order valence-electron chi connectivity index (χ2n) is 6.42. The van der Waals surface area contributed by atoms with E-state index >= 15 is 0 Å². The highest BCUT2D eigenvalue weighted by Gasteiger charge is 2.22. The minimum absolute atomic E-state index is 0.108. The van der Waals surface area contributed by atoms with Gasteiger partial charge in [0.1, 0.15) is 16.5 Å². The van der Waals surface area contributed by atoms with Crippen LogP contribution in [0.4, 0.5) is 5.82 Å². The Morgan fingerprint density at radius 1 is 1.17 bits per heavy atom. The topological polar surface area (TPSA) is 70.5 Å². The van der Waals surface area contributed by atoms with Crippen molar-refractivity contribution in [3.05, 3.63) is 16.3 Å². The van der Waals surface area contributed by atoms with E-state index < -0.39 is 0 Å². The van der Waals surface area contributed by atoms with Crippen LogP contribution in [0.1, 0.15) is 29.1 Å². The molecule has 0 saturated carbocycles. The number of anilines is 1. The smallest absolute Gasteiger partial charge is 0.146 e. The lowest BCUT2D eigenvalue weighted by molar-refractivity contribution is 0.0331. The molecule has 2 aromatic rings. The summed E-state index contributed by atoms with van der Waals surface area (Å²) >= 11 is 1.83. The summed E-state index contributed by atoms with van der Waals surface area (Å²) in [5.41, 5.74) is 1.43. The van der Waals surface area contributed by atoms with E-state index in [0.717, 1.165) is 62.2 Å². The number of aromatic nitrogens is 2. The molecule has 0 unspecified atom stereocenters. The molecule has 0 bridgehead atoms. The van der Waals surface area contributed by atoms with Gasteiger partial charge in [0.25, 0.3) is 0 Å². The molecule has 3 heterocycles. The van der Waals surface area contributed by atoms with Crippen LogP contribution in [0, 0.1) is 0 Å². The van der Waals surface area contributed by atoms with Gasteiger partial charge in [-0.3, -0.25) is 4.90 Å². The number of hydrogen-bond acceptors (Lipinski definition) is 7. The first-order chi connectivity index (χ1) is 11.8. The maximum Gasteiger partial charge on any atom is 0.146 e. The molecule has 1 fully saturated rings. The van der Waals surface area contributed by atoms with Gasteiger partial charge in [0.2, 0.25) is 0 Å². The lowest BCUT2D eigenvalue weighted by Gasteiger charge is -2.25. The van der Waals surface area contributed by atoms with E-state index in [9.17, 15) is 5.11 Å². The zero-order chi connectivity index (χ0) is 16.4. The summed E-state index contributed by atoms with van der Waals surface area (Å²) in [5, 5.41) is 13.7. The molecule has 0 amide bonds. The lowest BCUT2D eigenvalue weighted by atomic mass is 9.97. The van der Waals surface area contributed by atoms with E-state index in [1.54, 1.807) is 0 Å². The lowest BCUT2D eigenvalue weighted by Crippen LogP contribution is -2.36. The number of aliphatic hydroxyl groups excluding tert-OH is 1. The average Bonchev–Trinajstić information content (AvgIpc) is 2.99. The van der Waals surface area contributed by atoms with Crippen molar-refractivity contribution in [2.45, 2.75) is 32.2 Å². The Kier molecular flexibility index (Phi) is 4.93. The largest absolute Gasteiger partial charge is 0.395 e. The van der Waals surface area contributed by atoms with E-state index in [-0.39, 0.29) is 6.61 Å². The summed E-state index contributed by atoms with van der Waals surface area (Å²) < 4.78 is 5.42. The van der Waals surface area contributed by atoms with Crippen molar-refractivity contribution in [3.63, 3.8) is 0 Å². The molecule has 1 saturated heterocycles. The van der Waals surface area contributed by atoms with Gasteiger partial charge in [-0.25, -0.2) is 9.97 Å². The number of hydrogen-bond donors (Lipinski definition) is 2. The van der Waals surface area contributed by atoms with Crippen molar-refractivity contribution in [2.24, 2.45) is 0 Å². The first-order valence-corrected chi connectivity index (χ1v) is 9.63. The van der Waals surface area contributed by atoms with Crippen LogP contribution in [0.5, 0.6) is 0 Å². The van der Waals surface area contributed by atoms with Crippen LogP contribution in [0.3, 0.4) is 0 Å². The Bertz CT molecular complexity index is 712. The second kappa shape index (κ2) is 7.31. The highest BCUT2D eigenvalue weighted by atomic mass is 32.1. The van der Waals surface area contributed by atoms with Crippen molar-refractivity contribution < 1.29 is 9.84 Å². The van der Waals surface area contributed by atoms with E-state index in [0.29, 0.717) is 6.54 Å². The number of fused-ring (bicyclic) bond motifs is 3. The second-order valence-corrected chi connectivity index (χ2v) is 7.50. The fourth-order valence-electron chi connectivity index (χ4n) is 3.53. The molecule has 0 spiro atoms. The highest BCUT2D eigenvalue weighted by molar-refractivity contribution is 7.19. The molecule has 0 aromatic carbocycles. The number of aliphatic hydroxyl groups is 1. The highest BCUT2D eigenvalue weighted by Crippen LogP contribution is 2.38. The van der Waals surface area contributed by atoms with E-state index in [1.165, 1.54) is 28.7 Å². The van der Waals surface area contributed by atoms with Crippen LogP contribution in [-0.4, -0.2) is 59.4 Å². The van der Waals surface area contributed by atoms with Gasteiger partial charge < -0.3 is 15.2 Å².